The van der Waals surface area contributed by atoms with Crippen molar-refractivity contribution in [3.63, 3.8) is 0 Å². The van der Waals surface area contributed by atoms with E-state index in [-0.39, 0.29) is 5.92 Å². The molecule has 0 atom stereocenters. The van der Waals surface area contributed by atoms with Crippen molar-refractivity contribution in [2.24, 2.45) is 0 Å². The summed E-state index contributed by atoms with van der Waals surface area (Å²) in [6.45, 7) is 6.03. The molecule has 0 aliphatic rings. The first-order valence-electron chi connectivity index (χ1n) is 5.18. The van der Waals surface area contributed by atoms with Crippen molar-refractivity contribution in [3.8, 4) is 11.4 Å². The Labute approximate surface area is 99.4 Å². The number of aryl methyl sites for hydroxylation is 1. The van der Waals surface area contributed by atoms with Crippen LogP contribution in [0.4, 0.5) is 0 Å². The van der Waals surface area contributed by atoms with Crippen molar-refractivity contribution in [1.82, 2.24) is 10.1 Å². The fourth-order valence-corrected chi connectivity index (χ4v) is 1.59. The SMILES string of the molecule is Cc1ccc(Cl)cc1-c1noc(C(C)C)n1. The monoisotopic (exact) mass is 236 g/mol. The van der Waals surface area contributed by atoms with Crippen molar-refractivity contribution in [2.45, 2.75) is 26.7 Å². The lowest BCUT2D eigenvalue weighted by atomic mass is 10.1. The van der Waals surface area contributed by atoms with Crippen molar-refractivity contribution < 1.29 is 4.52 Å². The highest BCUT2D eigenvalue weighted by atomic mass is 35.5. The van der Waals surface area contributed by atoms with E-state index in [2.05, 4.69) is 10.1 Å². The van der Waals surface area contributed by atoms with Crippen LogP contribution in [0.5, 0.6) is 0 Å². The molecule has 0 unspecified atom stereocenters. The second-order valence-electron chi connectivity index (χ2n) is 4.07. The van der Waals surface area contributed by atoms with Crippen molar-refractivity contribution in [2.75, 3.05) is 0 Å². The molecule has 1 heterocycles. The summed E-state index contributed by atoms with van der Waals surface area (Å²) in [5, 5.41) is 4.64. The number of aromatic nitrogens is 2. The van der Waals surface area contributed by atoms with Gasteiger partial charge < -0.3 is 4.52 Å². The van der Waals surface area contributed by atoms with Gasteiger partial charge in [-0.1, -0.05) is 36.7 Å². The Balaban J connectivity index is 2.46. The molecule has 0 bridgehead atoms. The minimum atomic E-state index is 0.237. The maximum Gasteiger partial charge on any atom is 0.229 e. The van der Waals surface area contributed by atoms with E-state index >= 15 is 0 Å². The lowest BCUT2D eigenvalue weighted by molar-refractivity contribution is 0.365. The normalized spacial score (nSPS) is 11.1. The van der Waals surface area contributed by atoms with E-state index in [0.29, 0.717) is 16.7 Å². The van der Waals surface area contributed by atoms with Gasteiger partial charge in [-0.3, -0.25) is 0 Å². The number of rotatable bonds is 2. The first-order chi connectivity index (χ1) is 7.58. The van der Waals surface area contributed by atoms with Crippen molar-refractivity contribution >= 4 is 11.6 Å². The second-order valence-corrected chi connectivity index (χ2v) is 4.51. The van der Waals surface area contributed by atoms with Crippen LogP contribution in [0.2, 0.25) is 5.02 Å². The van der Waals surface area contributed by atoms with Gasteiger partial charge in [0, 0.05) is 16.5 Å². The smallest absolute Gasteiger partial charge is 0.229 e. The molecule has 0 N–H and O–H groups in total. The zero-order chi connectivity index (χ0) is 11.7. The average molecular weight is 237 g/mol. The zero-order valence-corrected chi connectivity index (χ0v) is 10.2. The number of hydrogen-bond donors (Lipinski definition) is 0. The van der Waals surface area contributed by atoms with Gasteiger partial charge in [0.1, 0.15) is 0 Å². The number of hydrogen-bond acceptors (Lipinski definition) is 3. The zero-order valence-electron chi connectivity index (χ0n) is 9.49. The predicted molar refractivity (Wildman–Crippen MR) is 63.6 cm³/mol. The summed E-state index contributed by atoms with van der Waals surface area (Å²) in [6.07, 6.45) is 0. The van der Waals surface area contributed by atoms with E-state index in [0.717, 1.165) is 11.1 Å². The van der Waals surface area contributed by atoms with E-state index in [4.69, 9.17) is 16.1 Å². The Morgan fingerprint density at radius 2 is 2.06 bits per heavy atom. The summed E-state index contributed by atoms with van der Waals surface area (Å²) >= 11 is 5.95. The van der Waals surface area contributed by atoms with Crippen LogP contribution >= 0.6 is 11.6 Å². The quantitative estimate of drug-likeness (QED) is 0.796. The van der Waals surface area contributed by atoms with Crippen LogP contribution in [-0.2, 0) is 0 Å². The molecule has 0 aliphatic heterocycles. The Morgan fingerprint density at radius 1 is 1.31 bits per heavy atom. The van der Waals surface area contributed by atoms with E-state index in [9.17, 15) is 0 Å². The second kappa shape index (κ2) is 4.26. The van der Waals surface area contributed by atoms with Crippen molar-refractivity contribution in [3.05, 3.63) is 34.7 Å². The van der Waals surface area contributed by atoms with Crippen LogP contribution in [0.15, 0.2) is 22.7 Å². The van der Waals surface area contributed by atoms with Crippen LogP contribution in [0.25, 0.3) is 11.4 Å². The van der Waals surface area contributed by atoms with Gasteiger partial charge in [0.25, 0.3) is 0 Å². The molecule has 1 aromatic heterocycles. The number of nitrogens with zero attached hydrogens (tertiary/aromatic N) is 2. The van der Waals surface area contributed by atoms with Gasteiger partial charge in [-0.25, -0.2) is 0 Å². The van der Waals surface area contributed by atoms with Gasteiger partial charge in [0.2, 0.25) is 11.7 Å². The fraction of sp³-hybridized carbons (Fsp3) is 0.333. The van der Waals surface area contributed by atoms with Crippen LogP contribution in [0.3, 0.4) is 0 Å². The molecular weight excluding hydrogens is 224 g/mol. The topological polar surface area (TPSA) is 38.9 Å². The van der Waals surface area contributed by atoms with Gasteiger partial charge >= 0.3 is 0 Å². The predicted octanol–water partition coefficient (Wildman–Crippen LogP) is 3.82. The highest BCUT2D eigenvalue weighted by Crippen LogP contribution is 2.25. The molecule has 0 radical (unpaired) electrons. The highest BCUT2D eigenvalue weighted by Gasteiger charge is 2.13. The molecule has 0 saturated heterocycles. The third-order valence-corrected chi connectivity index (χ3v) is 2.61. The third-order valence-electron chi connectivity index (χ3n) is 2.38. The number of benzene rings is 1. The summed E-state index contributed by atoms with van der Waals surface area (Å²) in [5.41, 5.74) is 2.00. The van der Waals surface area contributed by atoms with E-state index in [1.807, 2.05) is 39.0 Å². The molecule has 3 nitrogen and oxygen atoms in total. The van der Waals surface area contributed by atoms with Crippen LogP contribution in [-0.4, -0.2) is 10.1 Å². The minimum absolute atomic E-state index is 0.237. The molecule has 16 heavy (non-hydrogen) atoms. The summed E-state index contributed by atoms with van der Waals surface area (Å²) in [7, 11) is 0. The Morgan fingerprint density at radius 3 is 2.69 bits per heavy atom. The van der Waals surface area contributed by atoms with E-state index in [1.54, 1.807) is 0 Å². The minimum Gasteiger partial charge on any atom is -0.339 e. The molecule has 4 heteroatoms. The standard InChI is InChI=1S/C12H13ClN2O/c1-7(2)12-14-11(15-16-12)10-6-9(13)5-4-8(10)3/h4-7H,1-3H3. The number of halogens is 1. The Hall–Kier alpha value is -1.35. The highest BCUT2D eigenvalue weighted by molar-refractivity contribution is 6.30. The maximum atomic E-state index is 5.95. The van der Waals surface area contributed by atoms with Crippen molar-refractivity contribution in [1.29, 1.82) is 0 Å². The van der Waals surface area contributed by atoms with Crippen LogP contribution in [0.1, 0.15) is 31.2 Å². The molecular formula is C12H13ClN2O. The molecule has 0 fully saturated rings. The maximum absolute atomic E-state index is 5.95. The van der Waals surface area contributed by atoms with Crippen LogP contribution in [0, 0.1) is 6.92 Å². The lowest BCUT2D eigenvalue weighted by Crippen LogP contribution is -1.88. The first-order valence-corrected chi connectivity index (χ1v) is 5.56. The molecule has 84 valence electrons. The Kier molecular flexibility index (Phi) is 2.97. The van der Waals surface area contributed by atoms with Gasteiger partial charge in [-0.15, -0.1) is 0 Å². The van der Waals surface area contributed by atoms with E-state index < -0.39 is 0 Å². The van der Waals surface area contributed by atoms with E-state index in [1.165, 1.54) is 0 Å². The molecule has 0 saturated carbocycles. The third kappa shape index (κ3) is 2.09. The fourth-order valence-electron chi connectivity index (χ4n) is 1.41. The summed E-state index contributed by atoms with van der Waals surface area (Å²) in [4.78, 5) is 4.35. The van der Waals surface area contributed by atoms with Gasteiger partial charge in [0.15, 0.2) is 0 Å². The van der Waals surface area contributed by atoms with Gasteiger partial charge in [-0.2, -0.15) is 4.98 Å². The molecule has 0 amide bonds. The Bertz CT molecular complexity index is 505. The summed E-state index contributed by atoms with van der Waals surface area (Å²) in [5.74, 6) is 1.49. The van der Waals surface area contributed by atoms with Crippen LogP contribution < -0.4 is 0 Å². The molecule has 0 aliphatic carbocycles. The van der Waals surface area contributed by atoms with Gasteiger partial charge in [-0.05, 0) is 24.6 Å². The summed E-state index contributed by atoms with van der Waals surface area (Å²) < 4.78 is 5.17. The molecule has 2 rings (SSSR count). The first kappa shape index (κ1) is 11.1. The molecule has 0 spiro atoms. The average Bonchev–Trinajstić information content (AvgIpc) is 2.70. The summed E-state index contributed by atoms with van der Waals surface area (Å²) in [6, 6.07) is 5.65. The molecule has 2 aromatic rings. The lowest BCUT2D eigenvalue weighted by Gasteiger charge is -2.00. The molecule has 1 aromatic carbocycles. The van der Waals surface area contributed by atoms with Gasteiger partial charge in [0.05, 0.1) is 0 Å². The largest absolute Gasteiger partial charge is 0.339 e.